The van der Waals surface area contributed by atoms with Gasteiger partial charge in [0, 0.05) is 30.9 Å². The minimum atomic E-state index is 0.356. The lowest BCUT2D eigenvalue weighted by Gasteiger charge is -2.32. The third kappa shape index (κ3) is 3.24. The van der Waals surface area contributed by atoms with Crippen LogP contribution in [-0.2, 0) is 4.74 Å². The third-order valence-electron chi connectivity index (χ3n) is 3.93. The molecule has 1 aromatic rings. The highest BCUT2D eigenvalue weighted by atomic mass is 16.5. The number of hydrogen-bond acceptors (Lipinski definition) is 3. The summed E-state index contributed by atoms with van der Waals surface area (Å²) >= 11 is 0. The molecule has 0 bridgehead atoms. The standard InChI is InChI=1S/C15H24N2O/c1-12(11-16-14-7-5-4-6-8-14)17(3)15-9-10-18-13(15)2/h4-8,12-13,15-16H,9-11H2,1-3H3. The predicted molar refractivity (Wildman–Crippen MR) is 76.0 cm³/mol. The Morgan fingerprint density at radius 1 is 1.39 bits per heavy atom. The van der Waals surface area contributed by atoms with Gasteiger partial charge in [0.1, 0.15) is 0 Å². The maximum Gasteiger partial charge on any atom is 0.0703 e. The van der Waals surface area contributed by atoms with Crippen molar-refractivity contribution in [1.29, 1.82) is 0 Å². The Morgan fingerprint density at radius 3 is 2.72 bits per heavy atom. The van der Waals surface area contributed by atoms with Gasteiger partial charge in [-0.2, -0.15) is 0 Å². The smallest absolute Gasteiger partial charge is 0.0703 e. The van der Waals surface area contributed by atoms with Gasteiger partial charge in [0.15, 0.2) is 0 Å². The summed E-state index contributed by atoms with van der Waals surface area (Å²) in [4.78, 5) is 2.44. The third-order valence-corrected chi connectivity index (χ3v) is 3.93. The summed E-state index contributed by atoms with van der Waals surface area (Å²) in [5, 5.41) is 3.48. The molecule has 0 radical (unpaired) electrons. The SMILES string of the molecule is CC1OCCC1N(C)C(C)CNc1ccccc1. The lowest BCUT2D eigenvalue weighted by atomic mass is 10.1. The van der Waals surface area contributed by atoms with Gasteiger partial charge in [-0.25, -0.2) is 0 Å². The molecule has 18 heavy (non-hydrogen) atoms. The van der Waals surface area contributed by atoms with Gasteiger partial charge in [0.2, 0.25) is 0 Å². The molecule has 0 aliphatic carbocycles. The number of likely N-dealkylation sites (N-methyl/N-ethyl adjacent to an activating group) is 1. The number of rotatable bonds is 5. The van der Waals surface area contributed by atoms with Crippen molar-refractivity contribution in [2.24, 2.45) is 0 Å². The van der Waals surface area contributed by atoms with E-state index in [0.29, 0.717) is 18.2 Å². The molecule has 0 aromatic heterocycles. The highest BCUT2D eigenvalue weighted by molar-refractivity contribution is 5.42. The molecule has 100 valence electrons. The summed E-state index contributed by atoms with van der Waals surface area (Å²) in [5.74, 6) is 0. The van der Waals surface area contributed by atoms with Crippen LogP contribution in [0.4, 0.5) is 5.69 Å². The van der Waals surface area contributed by atoms with E-state index < -0.39 is 0 Å². The molecule has 2 rings (SSSR count). The van der Waals surface area contributed by atoms with Gasteiger partial charge in [-0.05, 0) is 39.4 Å². The van der Waals surface area contributed by atoms with Crippen LogP contribution in [0.1, 0.15) is 20.3 Å². The first kappa shape index (κ1) is 13.4. The van der Waals surface area contributed by atoms with Crippen LogP contribution in [0.2, 0.25) is 0 Å². The average molecular weight is 248 g/mol. The summed E-state index contributed by atoms with van der Waals surface area (Å²) < 4.78 is 5.64. The average Bonchev–Trinajstić information content (AvgIpc) is 2.82. The van der Waals surface area contributed by atoms with Crippen LogP contribution >= 0.6 is 0 Å². The molecule has 1 aromatic carbocycles. The van der Waals surface area contributed by atoms with Crippen molar-refractivity contribution in [3.8, 4) is 0 Å². The lowest BCUT2D eigenvalue weighted by molar-refractivity contribution is 0.0725. The molecule has 0 spiro atoms. The van der Waals surface area contributed by atoms with Crippen LogP contribution in [0.25, 0.3) is 0 Å². The van der Waals surface area contributed by atoms with Crippen molar-refractivity contribution < 1.29 is 4.74 Å². The monoisotopic (exact) mass is 248 g/mol. The molecule has 3 unspecified atom stereocenters. The van der Waals surface area contributed by atoms with Gasteiger partial charge in [-0.3, -0.25) is 4.90 Å². The van der Waals surface area contributed by atoms with Crippen molar-refractivity contribution in [3.05, 3.63) is 30.3 Å². The van der Waals surface area contributed by atoms with Gasteiger partial charge >= 0.3 is 0 Å². The van der Waals surface area contributed by atoms with E-state index in [4.69, 9.17) is 4.74 Å². The van der Waals surface area contributed by atoms with Crippen molar-refractivity contribution in [3.63, 3.8) is 0 Å². The number of hydrogen-bond donors (Lipinski definition) is 1. The van der Waals surface area contributed by atoms with Crippen molar-refractivity contribution in [2.75, 3.05) is 25.5 Å². The largest absolute Gasteiger partial charge is 0.383 e. The second-order valence-corrected chi connectivity index (χ2v) is 5.19. The van der Waals surface area contributed by atoms with E-state index in [1.54, 1.807) is 0 Å². The van der Waals surface area contributed by atoms with Gasteiger partial charge in [-0.15, -0.1) is 0 Å². The van der Waals surface area contributed by atoms with Crippen LogP contribution in [0.3, 0.4) is 0 Å². The van der Waals surface area contributed by atoms with Gasteiger partial charge in [-0.1, -0.05) is 18.2 Å². The molecule has 1 aliphatic heterocycles. The number of benzene rings is 1. The van der Waals surface area contributed by atoms with E-state index in [9.17, 15) is 0 Å². The lowest BCUT2D eigenvalue weighted by Crippen LogP contribution is -2.45. The second kappa shape index (κ2) is 6.21. The number of nitrogens with one attached hydrogen (secondary N) is 1. The fraction of sp³-hybridized carbons (Fsp3) is 0.600. The zero-order valence-electron chi connectivity index (χ0n) is 11.6. The van der Waals surface area contributed by atoms with Crippen molar-refractivity contribution in [1.82, 2.24) is 4.90 Å². The first-order valence-corrected chi connectivity index (χ1v) is 6.81. The van der Waals surface area contributed by atoms with E-state index in [1.165, 1.54) is 5.69 Å². The molecule has 3 nitrogen and oxygen atoms in total. The van der Waals surface area contributed by atoms with E-state index in [1.807, 2.05) is 6.07 Å². The van der Waals surface area contributed by atoms with E-state index in [0.717, 1.165) is 19.6 Å². The Morgan fingerprint density at radius 2 is 2.11 bits per heavy atom. The topological polar surface area (TPSA) is 24.5 Å². The molecule has 0 saturated carbocycles. The first-order valence-electron chi connectivity index (χ1n) is 6.81. The quantitative estimate of drug-likeness (QED) is 0.867. The van der Waals surface area contributed by atoms with Gasteiger partial charge in [0.05, 0.1) is 6.10 Å². The van der Waals surface area contributed by atoms with Crippen LogP contribution < -0.4 is 5.32 Å². The Balaban J connectivity index is 1.82. The van der Waals surface area contributed by atoms with Crippen LogP contribution in [0.5, 0.6) is 0 Å². The molecule has 1 aliphatic rings. The minimum Gasteiger partial charge on any atom is -0.383 e. The fourth-order valence-corrected chi connectivity index (χ4v) is 2.55. The van der Waals surface area contributed by atoms with Gasteiger partial charge < -0.3 is 10.1 Å². The zero-order chi connectivity index (χ0) is 13.0. The van der Waals surface area contributed by atoms with E-state index in [2.05, 4.69) is 55.4 Å². The molecular weight excluding hydrogens is 224 g/mol. The summed E-state index contributed by atoms with van der Waals surface area (Å²) in [6.07, 6.45) is 1.50. The zero-order valence-corrected chi connectivity index (χ0v) is 11.6. The molecule has 1 fully saturated rings. The molecule has 1 N–H and O–H groups in total. The van der Waals surface area contributed by atoms with Gasteiger partial charge in [0.25, 0.3) is 0 Å². The summed E-state index contributed by atoms with van der Waals surface area (Å²) in [5.41, 5.74) is 1.19. The summed E-state index contributed by atoms with van der Waals surface area (Å²) in [6.45, 7) is 6.30. The summed E-state index contributed by atoms with van der Waals surface area (Å²) in [6, 6.07) is 11.4. The van der Waals surface area contributed by atoms with Crippen LogP contribution in [0.15, 0.2) is 30.3 Å². The predicted octanol–water partition coefficient (Wildman–Crippen LogP) is 2.60. The highest BCUT2D eigenvalue weighted by Gasteiger charge is 2.29. The maximum absolute atomic E-state index is 5.64. The molecule has 0 amide bonds. The Kier molecular flexibility index (Phi) is 4.61. The second-order valence-electron chi connectivity index (χ2n) is 5.19. The molecule has 1 heterocycles. The van der Waals surface area contributed by atoms with Crippen molar-refractivity contribution in [2.45, 2.75) is 38.5 Å². The molecular formula is C15H24N2O. The molecule has 3 heteroatoms. The Labute approximate surface area is 110 Å². The van der Waals surface area contributed by atoms with Crippen LogP contribution in [-0.4, -0.2) is 43.3 Å². The highest BCUT2D eigenvalue weighted by Crippen LogP contribution is 2.20. The van der Waals surface area contributed by atoms with Crippen molar-refractivity contribution >= 4 is 5.69 Å². The minimum absolute atomic E-state index is 0.356. The van der Waals surface area contributed by atoms with E-state index >= 15 is 0 Å². The number of nitrogens with zero attached hydrogens (tertiary/aromatic N) is 1. The van der Waals surface area contributed by atoms with E-state index in [-0.39, 0.29) is 0 Å². The molecule has 3 atom stereocenters. The number of anilines is 1. The maximum atomic E-state index is 5.64. The molecule has 1 saturated heterocycles. The Bertz CT molecular complexity index is 355. The number of ether oxygens (including phenoxy) is 1. The fourth-order valence-electron chi connectivity index (χ4n) is 2.55. The first-order chi connectivity index (χ1) is 8.68. The summed E-state index contributed by atoms with van der Waals surface area (Å²) in [7, 11) is 2.20. The number of para-hydroxylation sites is 1. The normalized spacial score (nSPS) is 25.3. The van der Waals surface area contributed by atoms with Crippen LogP contribution in [0, 0.1) is 0 Å². The Hall–Kier alpha value is -1.06.